The molecule has 68 valence electrons. The molecule has 0 aliphatic heterocycles. The van der Waals surface area contributed by atoms with E-state index in [0.717, 1.165) is 12.8 Å². The van der Waals surface area contributed by atoms with Crippen LogP contribution < -0.4 is 0 Å². The molecule has 0 heterocycles. The number of halogens is 1. The summed E-state index contributed by atoms with van der Waals surface area (Å²) in [4.78, 5) is 0. The maximum atomic E-state index is 12.5. The summed E-state index contributed by atoms with van der Waals surface area (Å²) in [5.41, 5.74) is 1.29. The molecule has 2 rings (SSSR count). The first-order valence-electron chi connectivity index (χ1n) is 4.71. The quantitative estimate of drug-likeness (QED) is 0.621. The van der Waals surface area contributed by atoms with E-state index in [1.165, 1.54) is 5.56 Å². The second-order valence-corrected chi connectivity index (χ2v) is 3.53. The molecule has 1 aliphatic rings. The van der Waals surface area contributed by atoms with Gasteiger partial charge in [-0.05, 0) is 18.4 Å². The zero-order valence-corrected chi connectivity index (χ0v) is 7.49. The van der Waals surface area contributed by atoms with Gasteiger partial charge < -0.3 is 0 Å². The van der Waals surface area contributed by atoms with Crippen LogP contribution in [-0.4, -0.2) is 6.17 Å². The third-order valence-electron chi connectivity index (χ3n) is 2.34. The van der Waals surface area contributed by atoms with Crippen molar-refractivity contribution in [2.24, 2.45) is 5.92 Å². The van der Waals surface area contributed by atoms with Crippen molar-refractivity contribution in [2.45, 2.75) is 19.0 Å². The fourth-order valence-electron chi connectivity index (χ4n) is 1.37. The van der Waals surface area contributed by atoms with E-state index in [2.05, 4.69) is 18.2 Å². The van der Waals surface area contributed by atoms with Gasteiger partial charge in [0.2, 0.25) is 0 Å². The van der Waals surface area contributed by atoms with E-state index in [4.69, 9.17) is 0 Å². The van der Waals surface area contributed by atoms with Crippen LogP contribution in [0.15, 0.2) is 42.5 Å². The zero-order chi connectivity index (χ0) is 9.10. The van der Waals surface area contributed by atoms with E-state index < -0.39 is 6.17 Å². The average Bonchev–Trinajstić information content (AvgIpc) is 2.84. The highest BCUT2D eigenvalue weighted by Crippen LogP contribution is 2.34. The summed E-state index contributed by atoms with van der Waals surface area (Å²) in [5.74, 6) is 0.212. The first-order chi connectivity index (χ1) is 6.36. The van der Waals surface area contributed by atoms with Gasteiger partial charge in [-0.25, -0.2) is 4.39 Å². The minimum absolute atomic E-state index is 0.212. The third kappa shape index (κ3) is 2.41. The SMILES string of the molecule is FC1CC1C=CCc1ccccc1. The van der Waals surface area contributed by atoms with Crippen LogP contribution in [0.5, 0.6) is 0 Å². The molecule has 0 nitrogen and oxygen atoms in total. The van der Waals surface area contributed by atoms with Gasteiger partial charge >= 0.3 is 0 Å². The van der Waals surface area contributed by atoms with E-state index in [-0.39, 0.29) is 5.92 Å². The Morgan fingerprint density at radius 1 is 1.31 bits per heavy atom. The van der Waals surface area contributed by atoms with E-state index in [1.807, 2.05) is 24.3 Å². The minimum atomic E-state index is -0.563. The van der Waals surface area contributed by atoms with E-state index in [1.54, 1.807) is 0 Å². The monoisotopic (exact) mass is 176 g/mol. The Bertz CT molecular complexity index is 289. The van der Waals surface area contributed by atoms with Gasteiger partial charge in [0.15, 0.2) is 0 Å². The molecule has 0 aromatic heterocycles. The molecule has 1 aromatic rings. The van der Waals surface area contributed by atoms with Crippen molar-refractivity contribution >= 4 is 0 Å². The molecule has 2 unspecified atom stereocenters. The number of rotatable bonds is 3. The summed E-state index contributed by atoms with van der Waals surface area (Å²) in [6.45, 7) is 0. The first kappa shape index (κ1) is 8.49. The van der Waals surface area contributed by atoms with Crippen LogP contribution in [0.1, 0.15) is 12.0 Å². The second-order valence-electron chi connectivity index (χ2n) is 3.53. The molecule has 13 heavy (non-hydrogen) atoms. The second kappa shape index (κ2) is 3.73. The van der Waals surface area contributed by atoms with Crippen molar-refractivity contribution in [3.63, 3.8) is 0 Å². The Morgan fingerprint density at radius 2 is 2.00 bits per heavy atom. The molecule has 0 radical (unpaired) electrons. The van der Waals surface area contributed by atoms with Crippen LogP contribution in [0.3, 0.4) is 0 Å². The van der Waals surface area contributed by atoms with Gasteiger partial charge in [0.05, 0.1) is 0 Å². The van der Waals surface area contributed by atoms with Gasteiger partial charge in [-0.3, -0.25) is 0 Å². The fraction of sp³-hybridized carbons (Fsp3) is 0.333. The van der Waals surface area contributed by atoms with Gasteiger partial charge in [-0.2, -0.15) is 0 Å². The van der Waals surface area contributed by atoms with Gasteiger partial charge in [-0.15, -0.1) is 0 Å². The topological polar surface area (TPSA) is 0 Å². The van der Waals surface area contributed by atoms with Crippen LogP contribution in [0, 0.1) is 5.92 Å². The van der Waals surface area contributed by atoms with Crippen LogP contribution in [0.2, 0.25) is 0 Å². The maximum absolute atomic E-state index is 12.5. The molecular formula is C12H13F. The molecular weight excluding hydrogens is 163 g/mol. The Morgan fingerprint density at radius 3 is 2.62 bits per heavy atom. The van der Waals surface area contributed by atoms with Gasteiger partial charge in [-0.1, -0.05) is 42.5 Å². The molecule has 1 fully saturated rings. The normalized spacial score (nSPS) is 26.5. The summed E-state index contributed by atoms with van der Waals surface area (Å²) in [5, 5.41) is 0. The summed E-state index contributed by atoms with van der Waals surface area (Å²) in [6, 6.07) is 10.2. The molecule has 1 aromatic carbocycles. The molecule has 1 saturated carbocycles. The van der Waals surface area contributed by atoms with E-state index >= 15 is 0 Å². The Hall–Kier alpha value is -1.11. The predicted molar refractivity (Wildman–Crippen MR) is 52.3 cm³/mol. The zero-order valence-electron chi connectivity index (χ0n) is 7.49. The fourth-order valence-corrected chi connectivity index (χ4v) is 1.37. The molecule has 0 saturated heterocycles. The molecule has 0 bridgehead atoms. The minimum Gasteiger partial charge on any atom is -0.247 e. The number of benzene rings is 1. The van der Waals surface area contributed by atoms with Gasteiger partial charge in [0, 0.05) is 5.92 Å². The van der Waals surface area contributed by atoms with Crippen LogP contribution in [0.25, 0.3) is 0 Å². The molecule has 0 amide bonds. The van der Waals surface area contributed by atoms with Crippen molar-refractivity contribution in [1.29, 1.82) is 0 Å². The molecule has 2 atom stereocenters. The first-order valence-corrected chi connectivity index (χ1v) is 4.71. The van der Waals surface area contributed by atoms with Crippen molar-refractivity contribution in [1.82, 2.24) is 0 Å². The maximum Gasteiger partial charge on any atom is 0.107 e. The summed E-state index contributed by atoms with van der Waals surface area (Å²) in [7, 11) is 0. The van der Waals surface area contributed by atoms with Crippen molar-refractivity contribution in [2.75, 3.05) is 0 Å². The summed E-state index contributed by atoms with van der Waals surface area (Å²) in [6.07, 6.45) is 5.15. The highest BCUT2D eigenvalue weighted by Gasteiger charge is 2.34. The van der Waals surface area contributed by atoms with Crippen LogP contribution in [-0.2, 0) is 6.42 Å². The lowest BCUT2D eigenvalue weighted by Crippen LogP contribution is -1.79. The lowest BCUT2D eigenvalue weighted by molar-refractivity contribution is 0.463. The van der Waals surface area contributed by atoms with Gasteiger partial charge in [0.25, 0.3) is 0 Å². The number of allylic oxidation sites excluding steroid dienone is 2. The van der Waals surface area contributed by atoms with Crippen molar-refractivity contribution in [3.8, 4) is 0 Å². The largest absolute Gasteiger partial charge is 0.247 e. The number of hydrogen-bond acceptors (Lipinski definition) is 0. The van der Waals surface area contributed by atoms with Crippen LogP contribution in [0.4, 0.5) is 4.39 Å². The number of hydrogen-bond donors (Lipinski definition) is 0. The lowest BCUT2D eigenvalue weighted by Gasteiger charge is -1.93. The van der Waals surface area contributed by atoms with E-state index in [9.17, 15) is 4.39 Å². The predicted octanol–water partition coefficient (Wildman–Crippen LogP) is 3.14. The Labute approximate surface area is 78.1 Å². The average molecular weight is 176 g/mol. The molecule has 0 spiro atoms. The van der Waals surface area contributed by atoms with Crippen molar-refractivity contribution < 1.29 is 4.39 Å². The smallest absolute Gasteiger partial charge is 0.107 e. The number of alkyl halides is 1. The van der Waals surface area contributed by atoms with E-state index in [0.29, 0.717) is 0 Å². The third-order valence-corrected chi connectivity index (χ3v) is 2.34. The highest BCUT2D eigenvalue weighted by molar-refractivity contribution is 5.18. The molecule has 0 N–H and O–H groups in total. The summed E-state index contributed by atoms with van der Waals surface area (Å²) < 4.78 is 12.5. The highest BCUT2D eigenvalue weighted by atomic mass is 19.1. The molecule has 1 heteroatoms. The molecule has 1 aliphatic carbocycles. The standard InChI is InChI=1S/C12H13F/c13-12-9-11(12)8-4-7-10-5-2-1-3-6-10/h1-6,8,11-12H,7,9H2. The summed E-state index contributed by atoms with van der Waals surface area (Å²) >= 11 is 0. The lowest BCUT2D eigenvalue weighted by atomic mass is 10.1. The van der Waals surface area contributed by atoms with Crippen molar-refractivity contribution in [3.05, 3.63) is 48.0 Å². The van der Waals surface area contributed by atoms with Crippen LogP contribution >= 0.6 is 0 Å². The van der Waals surface area contributed by atoms with Gasteiger partial charge in [0.1, 0.15) is 6.17 Å². The Balaban J connectivity index is 1.83. The Kier molecular flexibility index (Phi) is 2.44.